The number of imide groups is 1. The fraction of sp³-hybridized carbons (Fsp3) is 0.0500. The molecule has 3 amide bonds. The highest BCUT2D eigenvalue weighted by atomic mass is 16.4. The molecule has 4 rings (SSSR count). The molecule has 1 N–H and O–H groups in total. The molecular weight excluding hydrogens is 332 g/mol. The van der Waals surface area contributed by atoms with Crippen LogP contribution in [0.25, 0.3) is 17.0 Å². The highest BCUT2D eigenvalue weighted by Gasteiger charge is 2.33. The number of para-hydroxylation sites is 1. The van der Waals surface area contributed by atoms with Gasteiger partial charge in [-0.05, 0) is 23.8 Å². The Hall–Kier alpha value is -3.67. The van der Waals surface area contributed by atoms with Crippen LogP contribution in [-0.4, -0.2) is 16.8 Å². The summed E-state index contributed by atoms with van der Waals surface area (Å²) in [6.45, 7) is 0.162. The molecule has 3 aromatic rings. The summed E-state index contributed by atoms with van der Waals surface area (Å²) in [6.07, 6.45) is 1.35. The monoisotopic (exact) mass is 346 g/mol. The van der Waals surface area contributed by atoms with Crippen molar-refractivity contribution in [3.63, 3.8) is 0 Å². The molecule has 1 aromatic heterocycles. The topological polar surface area (TPSA) is 79.6 Å². The summed E-state index contributed by atoms with van der Waals surface area (Å²) in [7, 11) is 0. The van der Waals surface area contributed by atoms with Gasteiger partial charge in [-0.15, -0.1) is 0 Å². The summed E-state index contributed by atoms with van der Waals surface area (Å²) in [5, 5.41) is 3.25. The van der Waals surface area contributed by atoms with Crippen LogP contribution in [0.2, 0.25) is 0 Å². The highest BCUT2D eigenvalue weighted by Crippen LogP contribution is 2.18. The molecular formula is C20H14N2O4. The quantitative estimate of drug-likeness (QED) is 0.449. The first kappa shape index (κ1) is 15.8. The number of hydrogen-bond donors (Lipinski definition) is 1. The number of fused-ring (bicyclic) bond motifs is 1. The zero-order chi connectivity index (χ0) is 18.1. The first-order valence-corrected chi connectivity index (χ1v) is 8.03. The molecule has 1 aliphatic rings. The Bertz CT molecular complexity index is 1100. The Morgan fingerprint density at radius 2 is 1.69 bits per heavy atom. The van der Waals surface area contributed by atoms with Gasteiger partial charge in [-0.3, -0.25) is 9.69 Å². The van der Waals surface area contributed by atoms with E-state index in [1.807, 2.05) is 36.4 Å². The Balaban J connectivity index is 1.66. The summed E-state index contributed by atoms with van der Waals surface area (Å²) in [5.74, 6) is -0.480. The third kappa shape index (κ3) is 2.88. The number of rotatable bonds is 3. The van der Waals surface area contributed by atoms with E-state index in [1.165, 1.54) is 6.08 Å². The van der Waals surface area contributed by atoms with Gasteiger partial charge in [-0.1, -0.05) is 48.5 Å². The standard InChI is InChI=1S/C20H14N2O4/c23-18-16(21-20(25)22(18)12-13-6-2-1-3-7-13)11-15-10-14-8-4-5-9-17(14)26-19(15)24/h1-11H,12H2,(H,21,25)/b16-11+. The van der Waals surface area contributed by atoms with E-state index in [1.54, 1.807) is 24.3 Å². The second-order valence-corrected chi connectivity index (χ2v) is 5.89. The normalized spacial score (nSPS) is 15.7. The molecule has 6 nitrogen and oxygen atoms in total. The zero-order valence-corrected chi connectivity index (χ0v) is 13.6. The van der Waals surface area contributed by atoms with Gasteiger partial charge in [0.25, 0.3) is 5.91 Å². The molecule has 2 heterocycles. The Kier molecular flexibility index (Phi) is 3.85. The van der Waals surface area contributed by atoms with Crippen LogP contribution in [0.4, 0.5) is 4.79 Å². The van der Waals surface area contributed by atoms with Gasteiger partial charge in [0.1, 0.15) is 11.3 Å². The third-order valence-electron chi connectivity index (χ3n) is 4.11. The van der Waals surface area contributed by atoms with Crippen molar-refractivity contribution in [2.45, 2.75) is 6.54 Å². The van der Waals surface area contributed by atoms with E-state index in [2.05, 4.69) is 5.32 Å². The van der Waals surface area contributed by atoms with E-state index < -0.39 is 17.6 Å². The largest absolute Gasteiger partial charge is 0.422 e. The number of urea groups is 1. The van der Waals surface area contributed by atoms with Crippen LogP contribution in [0.15, 0.2) is 75.6 Å². The van der Waals surface area contributed by atoms with E-state index in [0.717, 1.165) is 15.8 Å². The summed E-state index contributed by atoms with van der Waals surface area (Å²) < 4.78 is 5.25. The van der Waals surface area contributed by atoms with Gasteiger partial charge in [0.05, 0.1) is 12.1 Å². The van der Waals surface area contributed by atoms with Gasteiger partial charge < -0.3 is 9.73 Å². The summed E-state index contributed by atoms with van der Waals surface area (Å²) in [6, 6.07) is 17.4. The Labute approximate surface area is 148 Å². The minimum Gasteiger partial charge on any atom is -0.422 e. The van der Waals surface area contributed by atoms with Crippen molar-refractivity contribution in [3.8, 4) is 0 Å². The minimum absolute atomic E-state index is 0.0495. The highest BCUT2D eigenvalue weighted by molar-refractivity contribution is 6.13. The SMILES string of the molecule is O=C1N/C(=C/c2cc3ccccc3oc2=O)C(=O)N1Cc1ccccc1. The number of nitrogens with zero attached hydrogens (tertiary/aromatic N) is 1. The van der Waals surface area contributed by atoms with Crippen molar-refractivity contribution >= 4 is 29.0 Å². The Morgan fingerprint density at radius 3 is 2.50 bits per heavy atom. The number of hydrogen-bond acceptors (Lipinski definition) is 4. The van der Waals surface area contributed by atoms with Crippen LogP contribution >= 0.6 is 0 Å². The number of carbonyl (C=O) groups excluding carboxylic acids is 2. The van der Waals surface area contributed by atoms with Crippen LogP contribution in [-0.2, 0) is 11.3 Å². The fourth-order valence-corrected chi connectivity index (χ4v) is 2.82. The van der Waals surface area contributed by atoms with E-state index >= 15 is 0 Å². The molecule has 0 spiro atoms. The number of benzene rings is 2. The Morgan fingerprint density at radius 1 is 0.962 bits per heavy atom. The molecule has 0 bridgehead atoms. The molecule has 2 aromatic carbocycles. The lowest BCUT2D eigenvalue weighted by atomic mass is 10.1. The molecule has 0 unspecified atom stereocenters. The number of amides is 3. The lowest BCUT2D eigenvalue weighted by Gasteiger charge is -2.11. The number of nitrogens with one attached hydrogen (secondary N) is 1. The van der Waals surface area contributed by atoms with Gasteiger partial charge in [0.2, 0.25) is 0 Å². The first-order valence-electron chi connectivity index (χ1n) is 8.03. The lowest BCUT2D eigenvalue weighted by Crippen LogP contribution is -2.30. The van der Waals surface area contributed by atoms with Crippen LogP contribution in [0.1, 0.15) is 11.1 Å². The van der Waals surface area contributed by atoms with Crippen molar-refractivity contribution in [1.29, 1.82) is 0 Å². The van der Waals surface area contributed by atoms with Gasteiger partial charge >= 0.3 is 11.7 Å². The molecule has 1 fully saturated rings. The molecule has 1 saturated heterocycles. The average molecular weight is 346 g/mol. The van der Waals surface area contributed by atoms with Crippen molar-refractivity contribution in [2.75, 3.05) is 0 Å². The van der Waals surface area contributed by atoms with Crippen molar-refractivity contribution in [3.05, 3.63) is 87.9 Å². The first-order chi connectivity index (χ1) is 12.6. The van der Waals surface area contributed by atoms with Crippen LogP contribution < -0.4 is 10.9 Å². The van der Waals surface area contributed by atoms with Crippen LogP contribution in [0.5, 0.6) is 0 Å². The van der Waals surface area contributed by atoms with Gasteiger partial charge in [-0.2, -0.15) is 0 Å². The molecule has 0 aliphatic carbocycles. The summed E-state index contributed by atoms with van der Waals surface area (Å²) in [5.41, 5.74) is 0.983. The van der Waals surface area contributed by atoms with E-state index in [4.69, 9.17) is 4.42 Å². The molecule has 26 heavy (non-hydrogen) atoms. The molecule has 0 atom stereocenters. The predicted octanol–water partition coefficient (Wildman–Crippen LogP) is 2.89. The zero-order valence-electron chi connectivity index (χ0n) is 13.6. The lowest BCUT2D eigenvalue weighted by molar-refractivity contribution is -0.123. The molecule has 6 heteroatoms. The van der Waals surface area contributed by atoms with Gasteiger partial charge in [-0.25, -0.2) is 9.59 Å². The maximum absolute atomic E-state index is 12.5. The summed E-state index contributed by atoms with van der Waals surface area (Å²) >= 11 is 0. The van der Waals surface area contributed by atoms with Crippen molar-refractivity contribution < 1.29 is 14.0 Å². The minimum atomic E-state index is -0.570. The van der Waals surface area contributed by atoms with Crippen molar-refractivity contribution in [1.82, 2.24) is 10.2 Å². The van der Waals surface area contributed by atoms with E-state index in [0.29, 0.717) is 5.58 Å². The predicted molar refractivity (Wildman–Crippen MR) is 96.0 cm³/mol. The second-order valence-electron chi connectivity index (χ2n) is 5.89. The maximum atomic E-state index is 12.5. The van der Waals surface area contributed by atoms with Gasteiger partial charge in [0.15, 0.2) is 0 Å². The fourth-order valence-electron chi connectivity index (χ4n) is 2.82. The van der Waals surface area contributed by atoms with Gasteiger partial charge in [0, 0.05) is 5.39 Å². The van der Waals surface area contributed by atoms with Crippen molar-refractivity contribution in [2.24, 2.45) is 0 Å². The molecule has 128 valence electrons. The second kappa shape index (κ2) is 6.33. The van der Waals surface area contributed by atoms with Crippen LogP contribution in [0, 0.1) is 0 Å². The third-order valence-corrected chi connectivity index (χ3v) is 4.11. The summed E-state index contributed by atoms with van der Waals surface area (Å²) in [4.78, 5) is 37.9. The molecule has 0 saturated carbocycles. The smallest absolute Gasteiger partial charge is 0.343 e. The maximum Gasteiger partial charge on any atom is 0.343 e. The van der Waals surface area contributed by atoms with Crippen LogP contribution in [0.3, 0.4) is 0 Å². The molecule has 1 aliphatic heterocycles. The molecule has 0 radical (unpaired) electrons. The van der Waals surface area contributed by atoms with E-state index in [9.17, 15) is 14.4 Å². The van der Waals surface area contributed by atoms with E-state index in [-0.39, 0.29) is 17.8 Å². The number of carbonyl (C=O) groups is 2. The average Bonchev–Trinajstić information content (AvgIpc) is 2.91.